The van der Waals surface area contributed by atoms with Crippen molar-refractivity contribution in [2.75, 3.05) is 13.2 Å². The number of unbranched alkanes of at least 4 members (excludes halogenated alkanes) is 50. The van der Waals surface area contributed by atoms with Crippen molar-refractivity contribution in [3.63, 3.8) is 0 Å². The summed E-state index contributed by atoms with van der Waals surface area (Å²) in [5, 5.41) is 23.1. The Morgan fingerprint density at radius 1 is 0.380 bits per heavy atom. The third-order valence-electron chi connectivity index (χ3n) is 15.3. The van der Waals surface area contributed by atoms with E-state index in [9.17, 15) is 19.8 Å². The molecule has 0 fully saturated rings. The van der Waals surface area contributed by atoms with Crippen molar-refractivity contribution < 1.29 is 24.5 Å². The van der Waals surface area contributed by atoms with Crippen LogP contribution in [0.4, 0.5) is 0 Å². The largest absolute Gasteiger partial charge is 0.466 e. The van der Waals surface area contributed by atoms with E-state index in [1.165, 1.54) is 302 Å². The summed E-state index contributed by atoms with van der Waals surface area (Å²) in [4.78, 5) is 24.5. The van der Waals surface area contributed by atoms with Gasteiger partial charge in [-0.3, -0.25) is 9.59 Å². The molecule has 422 valence electrons. The highest BCUT2D eigenvalue weighted by Crippen LogP contribution is 2.18. The van der Waals surface area contributed by atoms with Crippen molar-refractivity contribution in [2.45, 2.75) is 379 Å². The second-order valence-corrected chi connectivity index (χ2v) is 22.5. The number of esters is 1. The molecule has 2 atom stereocenters. The summed E-state index contributed by atoms with van der Waals surface area (Å²) < 4.78 is 5.50. The van der Waals surface area contributed by atoms with E-state index in [0.29, 0.717) is 19.4 Å². The van der Waals surface area contributed by atoms with E-state index in [0.717, 1.165) is 38.5 Å². The summed E-state index contributed by atoms with van der Waals surface area (Å²) in [6.45, 7) is 4.93. The molecule has 0 aliphatic rings. The summed E-state index contributed by atoms with van der Waals surface area (Å²) in [6, 6.07) is -0.625. The third kappa shape index (κ3) is 57.7. The van der Waals surface area contributed by atoms with Gasteiger partial charge in [-0.1, -0.05) is 334 Å². The van der Waals surface area contributed by atoms with Gasteiger partial charge in [0.1, 0.15) is 0 Å². The first-order valence-electron chi connectivity index (χ1n) is 32.5. The molecule has 2 unspecified atom stereocenters. The van der Waals surface area contributed by atoms with Crippen LogP contribution in [0.5, 0.6) is 0 Å². The van der Waals surface area contributed by atoms with E-state index in [-0.39, 0.29) is 18.5 Å². The van der Waals surface area contributed by atoms with E-state index < -0.39 is 12.1 Å². The predicted molar refractivity (Wildman–Crippen MR) is 310 cm³/mol. The highest BCUT2D eigenvalue weighted by atomic mass is 16.5. The average molecular weight is 1000 g/mol. The van der Waals surface area contributed by atoms with Gasteiger partial charge in [0, 0.05) is 12.8 Å². The van der Waals surface area contributed by atoms with E-state index in [1.807, 2.05) is 6.08 Å². The Morgan fingerprint density at radius 3 is 0.958 bits per heavy atom. The summed E-state index contributed by atoms with van der Waals surface area (Å²) in [7, 11) is 0. The minimum atomic E-state index is -0.842. The number of nitrogens with one attached hydrogen (secondary N) is 1. The fraction of sp³-hybridized carbons (Fsp3) is 0.938. The van der Waals surface area contributed by atoms with Gasteiger partial charge in [0.05, 0.1) is 25.4 Å². The Bertz CT molecular complexity index is 1060. The maximum Gasteiger partial charge on any atom is 0.305 e. The number of carbonyl (C=O) groups is 2. The van der Waals surface area contributed by atoms with Crippen molar-refractivity contribution >= 4 is 11.9 Å². The van der Waals surface area contributed by atoms with Gasteiger partial charge in [0.25, 0.3) is 0 Å². The Kier molecular flexibility index (Phi) is 59.9. The second-order valence-electron chi connectivity index (χ2n) is 22.5. The van der Waals surface area contributed by atoms with Crippen molar-refractivity contribution in [2.24, 2.45) is 0 Å². The summed E-state index contributed by atoms with van der Waals surface area (Å²) in [5.41, 5.74) is 0. The van der Waals surface area contributed by atoms with Gasteiger partial charge >= 0.3 is 5.97 Å². The number of hydrogen-bond acceptors (Lipinski definition) is 5. The maximum atomic E-state index is 12.5. The SMILES string of the molecule is CCCCCCCCCCCCCC/C=C/C(O)C(CO)NC(=O)CCCCCCCCCCCCCCCCCCCCCCCCCCOC(=O)CCCCCCCCCCCCCCCCCC. The summed E-state index contributed by atoms with van der Waals surface area (Å²) >= 11 is 0. The molecule has 0 aromatic rings. The van der Waals surface area contributed by atoms with Gasteiger partial charge in [-0.25, -0.2) is 0 Å². The lowest BCUT2D eigenvalue weighted by Gasteiger charge is -2.20. The zero-order chi connectivity index (χ0) is 51.4. The minimum Gasteiger partial charge on any atom is -0.466 e. The molecular weight excluding hydrogens is 875 g/mol. The van der Waals surface area contributed by atoms with Crippen molar-refractivity contribution in [1.29, 1.82) is 0 Å². The number of aliphatic hydroxyl groups excluding tert-OH is 2. The van der Waals surface area contributed by atoms with E-state index in [1.54, 1.807) is 6.08 Å². The molecule has 0 heterocycles. The highest BCUT2D eigenvalue weighted by molar-refractivity contribution is 5.76. The molecule has 6 heteroatoms. The number of amides is 1. The fourth-order valence-corrected chi connectivity index (χ4v) is 10.3. The molecule has 0 saturated heterocycles. The number of hydrogen-bond donors (Lipinski definition) is 3. The van der Waals surface area contributed by atoms with E-state index in [4.69, 9.17) is 4.74 Å². The van der Waals surface area contributed by atoms with Crippen LogP contribution >= 0.6 is 0 Å². The van der Waals surface area contributed by atoms with Crippen LogP contribution in [0.3, 0.4) is 0 Å². The summed E-state index contributed by atoms with van der Waals surface area (Å²) in [5.74, 6) is -0.0455. The highest BCUT2D eigenvalue weighted by Gasteiger charge is 2.18. The maximum absolute atomic E-state index is 12.5. The van der Waals surface area contributed by atoms with Crippen LogP contribution in [0.1, 0.15) is 367 Å². The number of carbonyl (C=O) groups excluding carboxylic acids is 2. The zero-order valence-corrected chi connectivity index (χ0v) is 48.2. The molecule has 0 aromatic carbocycles. The molecule has 0 aromatic heterocycles. The Morgan fingerprint density at radius 2 is 0.648 bits per heavy atom. The molecule has 0 rings (SSSR count). The van der Waals surface area contributed by atoms with Crippen molar-refractivity contribution in [3.8, 4) is 0 Å². The molecule has 0 aliphatic carbocycles. The lowest BCUT2D eigenvalue weighted by atomic mass is 10.0. The van der Waals surface area contributed by atoms with E-state index >= 15 is 0 Å². The predicted octanol–water partition coefficient (Wildman–Crippen LogP) is 20.4. The monoisotopic (exact) mass is 1000 g/mol. The van der Waals surface area contributed by atoms with E-state index in [2.05, 4.69) is 19.2 Å². The lowest BCUT2D eigenvalue weighted by Crippen LogP contribution is -2.45. The molecule has 0 radical (unpaired) electrons. The smallest absolute Gasteiger partial charge is 0.305 e. The van der Waals surface area contributed by atoms with Crippen molar-refractivity contribution in [1.82, 2.24) is 5.32 Å². The average Bonchev–Trinajstić information content (AvgIpc) is 3.37. The number of allylic oxidation sites excluding steroid dienone is 1. The molecule has 71 heavy (non-hydrogen) atoms. The first-order valence-corrected chi connectivity index (χ1v) is 32.5. The third-order valence-corrected chi connectivity index (χ3v) is 15.3. The van der Waals surface area contributed by atoms with Crippen LogP contribution in [0, 0.1) is 0 Å². The first-order chi connectivity index (χ1) is 35.0. The summed E-state index contributed by atoms with van der Waals surface area (Å²) in [6.07, 6.45) is 74.1. The molecular formula is C65H127NO5. The molecule has 1 amide bonds. The molecule has 3 N–H and O–H groups in total. The van der Waals surface area contributed by atoms with Gasteiger partial charge in [-0.15, -0.1) is 0 Å². The standard InChI is InChI=1S/C65H127NO5/c1-3-5-7-9-11-13-15-17-19-31-35-39-43-47-51-55-59-65(70)71-60-56-52-48-44-40-36-32-29-27-25-23-21-20-22-24-26-28-30-34-38-42-46-50-54-58-64(69)66-62(61-67)63(68)57-53-49-45-41-37-33-18-16-14-12-10-8-6-4-2/h53,57,62-63,67-68H,3-52,54-56,58-61H2,1-2H3,(H,66,69)/b57-53+. The molecule has 0 bridgehead atoms. The van der Waals surface area contributed by atoms with Gasteiger partial charge in [0.2, 0.25) is 5.91 Å². The van der Waals surface area contributed by atoms with Gasteiger partial charge in [-0.2, -0.15) is 0 Å². The fourth-order valence-electron chi connectivity index (χ4n) is 10.3. The molecule has 0 saturated carbocycles. The Hall–Kier alpha value is -1.40. The zero-order valence-electron chi connectivity index (χ0n) is 48.2. The van der Waals surface area contributed by atoms with Gasteiger partial charge in [0.15, 0.2) is 0 Å². The second kappa shape index (κ2) is 61.1. The van der Waals surface area contributed by atoms with Gasteiger partial charge < -0.3 is 20.3 Å². The molecule has 6 nitrogen and oxygen atoms in total. The Balaban J connectivity index is 3.36. The number of rotatable bonds is 61. The topological polar surface area (TPSA) is 95.9 Å². The molecule has 0 aliphatic heterocycles. The first kappa shape index (κ1) is 69.6. The lowest BCUT2D eigenvalue weighted by molar-refractivity contribution is -0.143. The van der Waals surface area contributed by atoms with Crippen LogP contribution in [0.2, 0.25) is 0 Å². The van der Waals surface area contributed by atoms with Crippen LogP contribution < -0.4 is 5.32 Å². The quantitative estimate of drug-likeness (QED) is 0.0320. The van der Waals surface area contributed by atoms with Crippen LogP contribution in [0.25, 0.3) is 0 Å². The molecule has 0 spiro atoms. The van der Waals surface area contributed by atoms with Crippen molar-refractivity contribution in [3.05, 3.63) is 12.2 Å². The van der Waals surface area contributed by atoms with Crippen LogP contribution in [0.15, 0.2) is 12.2 Å². The number of ether oxygens (including phenoxy) is 1. The minimum absolute atomic E-state index is 0.0191. The number of aliphatic hydroxyl groups is 2. The van der Waals surface area contributed by atoms with Crippen LogP contribution in [-0.4, -0.2) is 47.4 Å². The normalized spacial score (nSPS) is 12.6. The Labute approximate surface area is 444 Å². The van der Waals surface area contributed by atoms with Crippen LogP contribution in [-0.2, 0) is 14.3 Å². The van der Waals surface area contributed by atoms with Gasteiger partial charge in [-0.05, 0) is 32.1 Å².